The molecule has 2 heterocycles. The van der Waals surface area contributed by atoms with Crippen LogP contribution in [0.2, 0.25) is 0 Å². The fraction of sp³-hybridized carbons (Fsp3) is 0.360. The summed E-state index contributed by atoms with van der Waals surface area (Å²) < 4.78 is 22.7. The number of hydrogen-bond donors (Lipinski definition) is 1. The standard InChI is InChI=1S/C25H30N2O5/c1-7-8-9-19-15(2)10-20(17-11-21(29-4)24(31-6)22(12-17)30-5)27-25(19)32-16(3)18-13-23(28)26-14-18/h7-12,16,18H,2,13-14H2,1,3-6H3,(H,26,28)/b8-7-,19-9+/t16-,18-/m1/s1. The first-order valence-electron chi connectivity index (χ1n) is 10.5. The van der Waals surface area contributed by atoms with Crippen LogP contribution in [-0.4, -0.2) is 44.9 Å². The van der Waals surface area contributed by atoms with Crippen LogP contribution in [0.1, 0.15) is 20.3 Å². The van der Waals surface area contributed by atoms with Crippen molar-refractivity contribution in [3.8, 4) is 34.4 Å². The number of pyridine rings is 1. The third-order valence-electron chi connectivity index (χ3n) is 5.50. The minimum Gasteiger partial charge on any atom is -0.493 e. The Bertz CT molecular complexity index is 1100. The smallest absolute Gasteiger partial charge is 0.222 e. The number of methoxy groups -OCH3 is 3. The van der Waals surface area contributed by atoms with E-state index in [0.29, 0.717) is 41.8 Å². The molecule has 2 atom stereocenters. The Morgan fingerprint density at radius 2 is 1.84 bits per heavy atom. The molecule has 0 saturated carbocycles. The maximum Gasteiger partial charge on any atom is 0.222 e. The number of hydrogen-bond acceptors (Lipinski definition) is 6. The number of rotatable bonds is 8. The van der Waals surface area contributed by atoms with Crippen LogP contribution in [0.15, 0.2) is 30.4 Å². The Labute approximate surface area is 188 Å². The van der Waals surface area contributed by atoms with Gasteiger partial charge in [-0.2, -0.15) is 0 Å². The van der Waals surface area contributed by atoms with E-state index in [1.54, 1.807) is 21.3 Å². The van der Waals surface area contributed by atoms with Crippen molar-refractivity contribution in [2.45, 2.75) is 26.4 Å². The molecule has 1 fully saturated rings. The molecule has 2 aromatic rings. The maximum absolute atomic E-state index is 11.6. The highest BCUT2D eigenvalue weighted by molar-refractivity contribution is 5.78. The van der Waals surface area contributed by atoms with E-state index in [-0.39, 0.29) is 17.9 Å². The van der Waals surface area contributed by atoms with E-state index in [0.717, 1.165) is 16.0 Å². The number of benzene rings is 1. The van der Waals surface area contributed by atoms with Crippen LogP contribution in [0, 0.1) is 5.92 Å². The zero-order valence-corrected chi connectivity index (χ0v) is 19.2. The average molecular weight is 439 g/mol. The second-order valence-corrected chi connectivity index (χ2v) is 7.58. The molecule has 0 spiro atoms. The zero-order valence-electron chi connectivity index (χ0n) is 19.2. The van der Waals surface area contributed by atoms with E-state index in [1.807, 2.05) is 50.3 Å². The van der Waals surface area contributed by atoms with Crippen molar-refractivity contribution in [3.05, 3.63) is 40.8 Å². The molecule has 3 rings (SSSR count). The molecule has 0 unspecified atom stereocenters. The number of allylic oxidation sites excluding steroid dienone is 2. The van der Waals surface area contributed by atoms with Gasteiger partial charge in [0.05, 0.1) is 27.0 Å². The second kappa shape index (κ2) is 10.2. The van der Waals surface area contributed by atoms with E-state index in [1.165, 1.54) is 0 Å². The normalized spacial score (nSPS) is 17.3. The van der Waals surface area contributed by atoms with Gasteiger partial charge in [0.2, 0.25) is 17.5 Å². The summed E-state index contributed by atoms with van der Waals surface area (Å²) >= 11 is 0. The van der Waals surface area contributed by atoms with Crippen molar-refractivity contribution in [1.29, 1.82) is 0 Å². The molecule has 1 aliphatic heterocycles. The van der Waals surface area contributed by atoms with Crippen LogP contribution in [0.3, 0.4) is 0 Å². The molecule has 1 N–H and O–H groups in total. The van der Waals surface area contributed by atoms with Crippen molar-refractivity contribution in [2.75, 3.05) is 27.9 Å². The topological polar surface area (TPSA) is 78.9 Å². The highest BCUT2D eigenvalue weighted by atomic mass is 16.5. The lowest BCUT2D eigenvalue weighted by atomic mass is 10.0. The summed E-state index contributed by atoms with van der Waals surface area (Å²) in [6.45, 7) is 8.71. The Morgan fingerprint density at radius 3 is 2.38 bits per heavy atom. The van der Waals surface area contributed by atoms with E-state index < -0.39 is 0 Å². The minimum atomic E-state index is -0.200. The van der Waals surface area contributed by atoms with Crippen molar-refractivity contribution >= 4 is 18.6 Å². The van der Waals surface area contributed by atoms with E-state index >= 15 is 0 Å². The predicted octanol–water partition coefficient (Wildman–Crippen LogP) is 2.44. The van der Waals surface area contributed by atoms with Gasteiger partial charge >= 0.3 is 0 Å². The van der Waals surface area contributed by atoms with Gasteiger partial charge in [0.1, 0.15) is 6.10 Å². The van der Waals surface area contributed by atoms with Crippen LogP contribution < -0.4 is 34.7 Å². The number of amides is 1. The molecule has 0 radical (unpaired) electrons. The van der Waals surface area contributed by atoms with Crippen LogP contribution in [-0.2, 0) is 4.79 Å². The fourth-order valence-electron chi connectivity index (χ4n) is 3.65. The first-order valence-corrected chi connectivity index (χ1v) is 10.5. The van der Waals surface area contributed by atoms with E-state index in [9.17, 15) is 4.79 Å². The number of carbonyl (C=O) groups excluding carboxylic acids is 1. The highest BCUT2D eigenvalue weighted by Crippen LogP contribution is 2.40. The molecule has 7 nitrogen and oxygen atoms in total. The van der Waals surface area contributed by atoms with Crippen LogP contribution in [0.25, 0.3) is 23.9 Å². The molecular formula is C25H30N2O5. The van der Waals surface area contributed by atoms with E-state index in [2.05, 4.69) is 11.9 Å². The van der Waals surface area contributed by atoms with Gasteiger partial charge in [-0.3, -0.25) is 4.79 Å². The quantitative estimate of drug-likeness (QED) is 0.682. The van der Waals surface area contributed by atoms with Gasteiger partial charge in [-0.15, -0.1) is 0 Å². The first kappa shape index (κ1) is 23.2. The molecule has 0 aliphatic carbocycles. The summed E-state index contributed by atoms with van der Waals surface area (Å²) in [5.41, 5.74) is 1.44. The molecule has 1 amide bonds. The molecule has 7 heteroatoms. The average Bonchev–Trinajstić information content (AvgIpc) is 3.23. The summed E-state index contributed by atoms with van der Waals surface area (Å²) in [5, 5.41) is 4.42. The molecule has 32 heavy (non-hydrogen) atoms. The molecule has 1 aliphatic rings. The summed E-state index contributed by atoms with van der Waals surface area (Å²) in [5.74, 6) is 2.16. The number of nitrogens with zero attached hydrogens (tertiary/aromatic N) is 1. The zero-order chi connectivity index (χ0) is 23.3. The Kier molecular flexibility index (Phi) is 7.41. The Hall–Kier alpha value is -3.48. The largest absolute Gasteiger partial charge is 0.493 e. The number of aromatic nitrogens is 1. The van der Waals surface area contributed by atoms with Crippen LogP contribution in [0.4, 0.5) is 0 Å². The monoisotopic (exact) mass is 438 g/mol. The van der Waals surface area contributed by atoms with Crippen molar-refractivity contribution < 1.29 is 23.7 Å². The number of carbonyl (C=O) groups is 1. The predicted molar refractivity (Wildman–Crippen MR) is 125 cm³/mol. The summed E-state index contributed by atoms with van der Waals surface area (Å²) in [4.78, 5) is 16.5. The molecule has 1 aromatic carbocycles. The summed E-state index contributed by atoms with van der Waals surface area (Å²) in [7, 11) is 4.71. The lowest BCUT2D eigenvalue weighted by molar-refractivity contribution is -0.119. The third kappa shape index (κ3) is 4.88. The van der Waals surface area contributed by atoms with Crippen molar-refractivity contribution in [2.24, 2.45) is 5.92 Å². The fourth-order valence-corrected chi connectivity index (χ4v) is 3.65. The van der Waals surface area contributed by atoms with Gasteiger partial charge in [0.25, 0.3) is 0 Å². The Morgan fingerprint density at radius 1 is 1.16 bits per heavy atom. The minimum absolute atomic E-state index is 0.0446. The Balaban J connectivity index is 2.11. The molecule has 1 aromatic heterocycles. The molecular weight excluding hydrogens is 408 g/mol. The SMILES string of the molecule is C=c1cc(-c2cc(OC)c(OC)c(OC)c2)nc(O[C@H](C)[C@H]2CNC(=O)C2)/c1=C/C=C\C. The number of nitrogens with one attached hydrogen (secondary N) is 1. The van der Waals surface area contributed by atoms with Gasteiger partial charge in [0.15, 0.2) is 11.5 Å². The lowest BCUT2D eigenvalue weighted by Gasteiger charge is -2.20. The van der Waals surface area contributed by atoms with Gasteiger partial charge in [-0.05, 0) is 43.3 Å². The van der Waals surface area contributed by atoms with Gasteiger partial charge in [0, 0.05) is 29.7 Å². The maximum atomic E-state index is 11.6. The highest BCUT2D eigenvalue weighted by Gasteiger charge is 2.28. The second-order valence-electron chi connectivity index (χ2n) is 7.58. The van der Waals surface area contributed by atoms with Crippen LogP contribution in [0.5, 0.6) is 23.1 Å². The lowest BCUT2D eigenvalue weighted by Crippen LogP contribution is -2.32. The van der Waals surface area contributed by atoms with Crippen LogP contribution >= 0.6 is 0 Å². The molecule has 170 valence electrons. The van der Waals surface area contributed by atoms with Crippen molar-refractivity contribution in [3.63, 3.8) is 0 Å². The third-order valence-corrected chi connectivity index (χ3v) is 5.50. The first-order chi connectivity index (χ1) is 15.4. The van der Waals surface area contributed by atoms with Gasteiger partial charge in [-0.1, -0.05) is 18.7 Å². The van der Waals surface area contributed by atoms with Crippen molar-refractivity contribution in [1.82, 2.24) is 10.3 Å². The van der Waals surface area contributed by atoms with Gasteiger partial charge in [-0.25, -0.2) is 4.98 Å². The van der Waals surface area contributed by atoms with Gasteiger partial charge < -0.3 is 24.3 Å². The van der Waals surface area contributed by atoms with E-state index in [4.69, 9.17) is 23.9 Å². The summed E-state index contributed by atoms with van der Waals surface area (Å²) in [6.07, 6.45) is 6.02. The molecule has 1 saturated heterocycles. The summed E-state index contributed by atoms with van der Waals surface area (Å²) in [6, 6.07) is 5.57. The molecule has 0 bridgehead atoms. The number of ether oxygens (including phenoxy) is 4.